The molecule has 0 aromatic rings. The summed E-state index contributed by atoms with van der Waals surface area (Å²) in [6.07, 6.45) is 18.6. The molecule has 1 atom stereocenters. The zero-order chi connectivity index (χ0) is 18.1. The SMILES string of the molecule is CCCCCCCCCCCCCCCCOP(O)(=S)OC(C)C. The molecule has 0 saturated heterocycles. The molecular formula is C19H41O3PS. The quantitative estimate of drug-likeness (QED) is 0.203. The molecule has 0 bridgehead atoms. The fraction of sp³-hybridized carbons (Fsp3) is 1.00. The van der Waals surface area contributed by atoms with E-state index in [-0.39, 0.29) is 6.10 Å². The smallest absolute Gasteiger partial charge is 0.324 e. The van der Waals surface area contributed by atoms with Gasteiger partial charge in [0, 0.05) is 0 Å². The summed E-state index contributed by atoms with van der Waals surface area (Å²) in [6, 6.07) is 0. The van der Waals surface area contributed by atoms with Crippen molar-refractivity contribution in [3.05, 3.63) is 0 Å². The van der Waals surface area contributed by atoms with Crippen LogP contribution in [0.3, 0.4) is 0 Å². The summed E-state index contributed by atoms with van der Waals surface area (Å²) in [6.45, 7) is 3.49. The second-order valence-electron chi connectivity index (χ2n) is 7.05. The number of hydrogen-bond acceptors (Lipinski definition) is 3. The van der Waals surface area contributed by atoms with Gasteiger partial charge in [0.2, 0.25) is 0 Å². The van der Waals surface area contributed by atoms with Gasteiger partial charge in [-0.3, -0.25) is 0 Å². The largest absolute Gasteiger partial charge is 0.324 e. The molecule has 24 heavy (non-hydrogen) atoms. The van der Waals surface area contributed by atoms with E-state index in [4.69, 9.17) is 20.9 Å². The third-order valence-corrected chi connectivity index (χ3v) is 5.87. The van der Waals surface area contributed by atoms with Crippen LogP contribution in [-0.2, 0) is 20.9 Å². The number of rotatable bonds is 18. The third-order valence-electron chi connectivity index (χ3n) is 4.10. The molecule has 1 unspecified atom stereocenters. The van der Waals surface area contributed by atoms with Crippen LogP contribution in [0, 0.1) is 0 Å². The van der Waals surface area contributed by atoms with Gasteiger partial charge in [-0.25, -0.2) is 0 Å². The minimum absolute atomic E-state index is 0.0860. The summed E-state index contributed by atoms with van der Waals surface area (Å²) in [5.74, 6) is 0. The predicted octanol–water partition coefficient (Wildman–Crippen LogP) is 7.13. The molecule has 146 valence electrons. The lowest BCUT2D eigenvalue weighted by atomic mass is 10.0. The second kappa shape index (κ2) is 17.0. The summed E-state index contributed by atoms with van der Waals surface area (Å²) in [5.41, 5.74) is 0. The molecule has 0 aliphatic carbocycles. The average molecular weight is 381 g/mol. The van der Waals surface area contributed by atoms with Crippen LogP contribution < -0.4 is 0 Å². The van der Waals surface area contributed by atoms with Gasteiger partial charge in [-0.2, -0.15) is 0 Å². The summed E-state index contributed by atoms with van der Waals surface area (Å²) < 4.78 is 10.5. The molecule has 0 spiro atoms. The fourth-order valence-electron chi connectivity index (χ4n) is 2.77. The number of hydrogen-bond donors (Lipinski definition) is 1. The highest BCUT2D eigenvalue weighted by atomic mass is 32.5. The molecule has 0 fully saturated rings. The Bertz CT molecular complexity index is 311. The van der Waals surface area contributed by atoms with Gasteiger partial charge in [-0.15, -0.1) is 0 Å². The van der Waals surface area contributed by atoms with Crippen molar-refractivity contribution in [1.29, 1.82) is 0 Å². The molecule has 1 N–H and O–H groups in total. The Labute approximate surface area is 156 Å². The minimum Gasteiger partial charge on any atom is -0.324 e. The van der Waals surface area contributed by atoms with Gasteiger partial charge in [-0.05, 0) is 32.1 Å². The zero-order valence-electron chi connectivity index (χ0n) is 16.3. The third kappa shape index (κ3) is 18.9. The highest BCUT2D eigenvalue weighted by molar-refractivity contribution is 8.07. The first-order valence-corrected chi connectivity index (χ1v) is 12.7. The maximum atomic E-state index is 9.77. The first-order valence-electron chi connectivity index (χ1n) is 10.1. The van der Waals surface area contributed by atoms with E-state index in [0.717, 1.165) is 12.8 Å². The fourth-order valence-corrected chi connectivity index (χ4v) is 4.47. The predicted molar refractivity (Wildman–Crippen MR) is 109 cm³/mol. The van der Waals surface area contributed by atoms with Gasteiger partial charge in [0.15, 0.2) is 0 Å². The molecule has 0 aliphatic rings. The van der Waals surface area contributed by atoms with E-state index in [1.54, 1.807) is 0 Å². The summed E-state index contributed by atoms with van der Waals surface area (Å²) in [4.78, 5) is 9.77. The molecule has 3 nitrogen and oxygen atoms in total. The summed E-state index contributed by atoms with van der Waals surface area (Å²) in [7, 11) is 0. The lowest BCUT2D eigenvalue weighted by Crippen LogP contribution is -2.03. The molecule has 0 aromatic heterocycles. The van der Waals surface area contributed by atoms with E-state index in [9.17, 15) is 4.89 Å². The monoisotopic (exact) mass is 380 g/mol. The Balaban J connectivity index is 3.19. The van der Waals surface area contributed by atoms with Crippen LogP contribution in [0.4, 0.5) is 0 Å². The lowest BCUT2D eigenvalue weighted by molar-refractivity contribution is 0.160. The van der Waals surface area contributed by atoms with Gasteiger partial charge < -0.3 is 13.9 Å². The van der Waals surface area contributed by atoms with Crippen molar-refractivity contribution in [3.63, 3.8) is 0 Å². The van der Waals surface area contributed by atoms with Crippen molar-refractivity contribution in [1.82, 2.24) is 0 Å². The van der Waals surface area contributed by atoms with Crippen molar-refractivity contribution in [2.45, 2.75) is 117 Å². The van der Waals surface area contributed by atoms with Crippen LogP contribution in [0.15, 0.2) is 0 Å². The minimum atomic E-state index is -3.00. The zero-order valence-corrected chi connectivity index (χ0v) is 18.0. The molecular weight excluding hydrogens is 339 g/mol. The van der Waals surface area contributed by atoms with Crippen molar-refractivity contribution < 1.29 is 13.9 Å². The Hall–Kier alpha value is 0.530. The first kappa shape index (κ1) is 24.5. The van der Waals surface area contributed by atoms with Gasteiger partial charge in [0.1, 0.15) is 0 Å². The van der Waals surface area contributed by atoms with Gasteiger partial charge in [0.25, 0.3) is 0 Å². The second-order valence-corrected chi connectivity index (χ2v) is 9.84. The van der Waals surface area contributed by atoms with E-state index >= 15 is 0 Å². The summed E-state index contributed by atoms with van der Waals surface area (Å²) >= 11 is 4.94. The van der Waals surface area contributed by atoms with E-state index < -0.39 is 6.72 Å². The van der Waals surface area contributed by atoms with Crippen LogP contribution in [0.1, 0.15) is 111 Å². The highest BCUT2D eigenvalue weighted by Gasteiger charge is 2.16. The topological polar surface area (TPSA) is 38.7 Å². The Morgan fingerprint density at radius 1 is 0.750 bits per heavy atom. The maximum absolute atomic E-state index is 9.77. The molecule has 0 radical (unpaired) electrons. The molecule has 0 heterocycles. The van der Waals surface area contributed by atoms with Gasteiger partial charge in [0.05, 0.1) is 12.7 Å². The molecule has 0 aromatic carbocycles. The highest BCUT2D eigenvalue weighted by Crippen LogP contribution is 2.45. The van der Waals surface area contributed by atoms with Crippen LogP contribution in [0.5, 0.6) is 0 Å². The molecule has 5 heteroatoms. The average Bonchev–Trinajstić information content (AvgIpc) is 2.49. The van der Waals surface area contributed by atoms with E-state index in [1.165, 1.54) is 77.0 Å². The summed E-state index contributed by atoms with van der Waals surface area (Å²) in [5, 5.41) is 0. The van der Waals surface area contributed by atoms with Crippen molar-refractivity contribution >= 4 is 18.5 Å². The van der Waals surface area contributed by atoms with Crippen LogP contribution >= 0.6 is 6.72 Å². The number of unbranched alkanes of at least 4 members (excludes halogenated alkanes) is 13. The Morgan fingerprint density at radius 2 is 1.12 bits per heavy atom. The molecule has 0 amide bonds. The van der Waals surface area contributed by atoms with Crippen molar-refractivity contribution in [2.24, 2.45) is 0 Å². The van der Waals surface area contributed by atoms with Crippen molar-refractivity contribution in [3.8, 4) is 0 Å². The van der Waals surface area contributed by atoms with E-state index in [0.29, 0.717) is 6.61 Å². The van der Waals surface area contributed by atoms with Crippen molar-refractivity contribution in [2.75, 3.05) is 6.61 Å². The normalized spacial score (nSPS) is 14.2. The Morgan fingerprint density at radius 3 is 1.50 bits per heavy atom. The maximum Gasteiger partial charge on any atom is 0.324 e. The van der Waals surface area contributed by atoms with Crippen LogP contribution in [-0.4, -0.2) is 17.6 Å². The lowest BCUT2D eigenvalue weighted by Gasteiger charge is -2.17. The molecule has 0 rings (SSSR count). The Kier molecular flexibility index (Phi) is 17.3. The van der Waals surface area contributed by atoms with E-state index in [2.05, 4.69) is 6.92 Å². The molecule has 0 saturated carbocycles. The van der Waals surface area contributed by atoms with Gasteiger partial charge >= 0.3 is 6.72 Å². The molecule has 0 aliphatic heterocycles. The van der Waals surface area contributed by atoms with E-state index in [1.807, 2.05) is 13.8 Å². The first-order chi connectivity index (χ1) is 11.5. The van der Waals surface area contributed by atoms with Crippen LogP contribution in [0.25, 0.3) is 0 Å². The van der Waals surface area contributed by atoms with Gasteiger partial charge in [-0.1, -0.05) is 90.4 Å². The van der Waals surface area contributed by atoms with Crippen LogP contribution in [0.2, 0.25) is 0 Å². The standard InChI is InChI=1S/C19H41O3PS/c1-4-5-6-7-8-9-10-11-12-13-14-15-16-17-18-21-23(20,24)22-19(2)3/h19H,4-18H2,1-3H3,(H,20,24).